The van der Waals surface area contributed by atoms with Gasteiger partial charge in [0.1, 0.15) is 0 Å². The summed E-state index contributed by atoms with van der Waals surface area (Å²) < 4.78 is 0. The Hall–Kier alpha value is -2.25. The molecule has 0 unspecified atom stereocenters. The number of carbonyl (C=O) groups excluding carboxylic acids is 1. The van der Waals surface area contributed by atoms with Gasteiger partial charge in [-0.1, -0.05) is 30.3 Å². The molecule has 1 aromatic carbocycles. The Kier molecular flexibility index (Phi) is 4.40. The van der Waals surface area contributed by atoms with E-state index in [0.29, 0.717) is 19.4 Å². The first-order valence-corrected chi connectivity index (χ1v) is 7.62. The minimum atomic E-state index is -0.765. The lowest BCUT2D eigenvalue weighted by Gasteiger charge is -2.45. The highest BCUT2D eigenvalue weighted by atomic mass is 16.3. The fourth-order valence-electron chi connectivity index (χ4n) is 3.18. The Morgan fingerprint density at radius 1 is 1.39 bits per heavy atom. The highest BCUT2D eigenvalue weighted by Gasteiger charge is 2.44. The predicted molar refractivity (Wildman–Crippen MR) is 82.6 cm³/mol. The minimum absolute atomic E-state index is 0.189. The monoisotopic (exact) mass is 316 g/mol. The van der Waals surface area contributed by atoms with Gasteiger partial charge in [-0.25, -0.2) is 0 Å². The lowest BCUT2D eigenvalue weighted by Crippen LogP contribution is -2.56. The van der Waals surface area contributed by atoms with E-state index in [2.05, 4.69) is 15.4 Å². The number of piperidine rings is 1. The highest BCUT2D eigenvalue weighted by molar-refractivity contribution is 5.92. The zero-order valence-corrected chi connectivity index (χ0v) is 12.7. The van der Waals surface area contributed by atoms with Crippen molar-refractivity contribution in [2.75, 3.05) is 19.7 Å². The molecule has 1 aliphatic heterocycles. The van der Waals surface area contributed by atoms with Crippen molar-refractivity contribution in [1.82, 2.24) is 20.3 Å². The second-order valence-corrected chi connectivity index (χ2v) is 6.07. The molecule has 1 fully saturated rings. The quantitative estimate of drug-likeness (QED) is 0.749. The summed E-state index contributed by atoms with van der Waals surface area (Å²) in [6.45, 7) is 0.528. The van der Waals surface area contributed by atoms with Gasteiger partial charge < -0.3 is 15.1 Å². The number of hydrogen-bond donors (Lipinski definition) is 3. The van der Waals surface area contributed by atoms with Crippen LogP contribution < -0.4 is 0 Å². The van der Waals surface area contributed by atoms with E-state index in [-0.39, 0.29) is 24.8 Å². The summed E-state index contributed by atoms with van der Waals surface area (Å²) in [5.41, 5.74) is 0.503. The molecule has 3 N–H and O–H groups in total. The number of rotatable bonds is 4. The maximum atomic E-state index is 12.5. The molecule has 23 heavy (non-hydrogen) atoms. The van der Waals surface area contributed by atoms with Crippen molar-refractivity contribution in [1.29, 1.82) is 0 Å². The molecule has 1 amide bonds. The van der Waals surface area contributed by atoms with Gasteiger partial charge in [0.05, 0.1) is 18.9 Å². The smallest absolute Gasteiger partial charge is 0.276 e. The molecule has 1 saturated heterocycles. The summed E-state index contributed by atoms with van der Waals surface area (Å²) in [5.74, 6) is -0.239. The molecule has 2 heterocycles. The van der Waals surface area contributed by atoms with E-state index in [0.717, 1.165) is 5.56 Å². The van der Waals surface area contributed by atoms with Gasteiger partial charge in [-0.2, -0.15) is 15.4 Å². The Balaban J connectivity index is 1.82. The van der Waals surface area contributed by atoms with Gasteiger partial charge in [-0.3, -0.25) is 4.79 Å². The van der Waals surface area contributed by atoms with Crippen LogP contribution >= 0.6 is 0 Å². The van der Waals surface area contributed by atoms with Gasteiger partial charge in [0.2, 0.25) is 0 Å². The first kappa shape index (κ1) is 15.6. The molecule has 7 nitrogen and oxygen atoms in total. The number of aliphatic hydroxyl groups is 2. The summed E-state index contributed by atoms with van der Waals surface area (Å²) in [6, 6.07) is 9.69. The van der Waals surface area contributed by atoms with Crippen LogP contribution in [-0.4, -0.2) is 62.2 Å². The first-order valence-electron chi connectivity index (χ1n) is 7.62. The number of nitrogens with one attached hydrogen (secondary N) is 1. The molecule has 0 saturated carbocycles. The third-order valence-electron chi connectivity index (χ3n) is 4.52. The molecule has 1 aromatic heterocycles. The fraction of sp³-hybridized carbons (Fsp3) is 0.438. The van der Waals surface area contributed by atoms with Crippen LogP contribution in [0.3, 0.4) is 0 Å². The van der Waals surface area contributed by atoms with E-state index in [1.807, 2.05) is 30.3 Å². The second kappa shape index (κ2) is 6.47. The highest BCUT2D eigenvalue weighted by Crippen LogP contribution is 2.34. The average Bonchev–Trinajstić information content (AvgIpc) is 3.12. The van der Waals surface area contributed by atoms with Gasteiger partial charge in [0, 0.05) is 18.5 Å². The van der Waals surface area contributed by atoms with Crippen LogP contribution in [0.5, 0.6) is 0 Å². The maximum absolute atomic E-state index is 12.5. The molecular weight excluding hydrogens is 296 g/mol. The van der Waals surface area contributed by atoms with Crippen LogP contribution in [0.25, 0.3) is 0 Å². The largest absolute Gasteiger partial charge is 0.396 e. The van der Waals surface area contributed by atoms with E-state index < -0.39 is 11.5 Å². The maximum Gasteiger partial charge on any atom is 0.276 e. The Labute approximate surface area is 133 Å². The number of carbonyl (C=O) groups is 1. The molecule has 0 spiro atoms. The van der Waals surface area contributed by atoms with Crippen LogP contribution in [0.2, 0.25) is 0 Å². The third-order valence-corrected chi connectivity index (χ3v) is 4.52. The van der Waals surface area contributed by atoms with Gasteiger partial charge in [-0.15, -0.1) is 0 Å². The summed E-state index contributed by atoms with van der Waals surface area (Å²) in [7, 11) is 0. The summed E-state index contributed by atoms with van der Waals surface area (Å²) in [4.78, 5) is 14.1. The van der Waals surface area contributed by atoms with E-state index >= 15 is 0 Å². The summed E-state index contributed by atoms with van der Waals surface area (Å²) in [5, 5.41) is 30.3. The van der Waals surface area contributed by atoms with Gasteiger partial charge in [0.25, 0.3) is 5.91 Å². The van der Waals surface area contributed by atoms with E-state index in [9.17, 15) is 15.0 Å². The van der Waals surface area contributed by atoms with E-state index in [4.69, 9.17) is 0 Å². The van der Waals surface area contributed by atoms with Crippen molar-refractivity contribution < 1.29 is 15.0 Å². The molecule has 2 aromatic rings. The number of hydrogen-bond acceptors (Lipinski definition) is 5. The second-order valence-electron chi connectivity index (χ2n) is 6.07. The van der Waals surface area contributed by atoms with Crippen molar-refractivity contribution in [3.63, 3.8) is 0 Å². The summed E-state index contributed by atoms with van der Waals surface area (Å²) in [6.07, 6.45) is 1.66. The number of aromatic nitrogens is 3. The third kappa shape index (κ3) is 3.11. The number of benzene rings is 1. The molecule has 0 radical (unpaired) electrons. The number of aliphatic hydroxyl groups excluding tert-OH is 2. The molecule has 122 valence electrons. The SMILES string of the molecule is O=C(c1cn[nH]n1)N1CC[C@@H](O)[C@@](CO)(Cc2ccccc2)C1. The fourth-order valence-corrected chi connectivity index (χ4v) is 3.18. The van der Waals surface area contributed by atoms with Crippen molar-refractivity contribution >= 4 is 5.91 Å². The Morgan fingerprint density at radius 2 is 2.17 bits per heavy atom. The standard InChI is InChI=1S/C16H20N4O3/c21-11-16(8-12-4-2-1-3-5-12)10-20(7-6-14(16)22)15(23)13-9-17-19-18-13/h1-5,9,14,21-22H,6-8,10-11H2,(H,17,18,19)/t14-,16+/m1/s1. The van der Waals surface area contributed by atoms with Crippen molar-refractivity contribution in [2.45, 2.75) is 18.9 Å². The lowest BCUT2D eigenvalue weighted by molar-refractivity contribution is -0.0669. The lowest BCUT2D eigenvalue weighted by atomic mass is 9.73. The van der Waals surface area contributed by atoms with E-state index in [1.54, 1.807) is 4.90 Å². The number of aromatic amines is 1. The molecule has 7 heteroatoms. The molecule has 3 rings (SSSR count). The normalized spacial score (nSPS) is 24.6. The Bertz CT molecular complexity index is 647. The van der Waals surface area contributed by atoms with Gasteiger partial charge in [-0.05, 0) is 18.4 Å². The molecule has 0 aliphatic carbocycles. The molecular formula is C16H20N4O3. The van der Waals surface area contributed by atoms with Crippen LogP contribution in [0.15, 0.2) is 36.5 Å². The first-order chi connectivity index (χ1) is 11.1. The number of likely N-dealkylation sites (tertiary alicyclic amines) is 1. The number of nitrogens with zero attached hydrogens (tertiary/aromatic N) is 3. The van der Waals surface area contributed by atoms with Crippen LogP contribution in [-0.2, 0) is 6.42 Å². The minimum Gasteiger partial charge on any atom is -0.396 e. The molecule has 2 atom stereocenters. The number of amides is 1. The van der Waals surface area contributed by atoms with Crippen molar-refractivity contribution in [3.05, 3.63) is 47.8 Å². The van der Waals surface area contributed by atoms with Crippen LogP contribution in [0.1, 0.15) is 22.5 Å². The zero-order chi connectivity index (χ0) is 16.3. The topological polar surface area (TPSA) is 102 Å². The van der Waals surface area contributed by atoms with Crippen LogP contribution in [0, 0.1) is 5.41 Å². The average molecular weight is 316 g/mol. The van der Waals surface area contributed by atoms with Crippen molar-refractivity contribution in [2.24, 2.45) is 5.41 Å². The van der Waals surface area contributed by atoms with Crippen molar-refractivity contribution in [3.8, 4) is 0 Å². The van der Waals surface area contributed by atoms with Crippen LogP contribution in [0.4, 0.5) is 0 Å². The molecule has 0 bridgehead atoms. The van der Waals surface area contributed by atoms with Gasteiger partial charge in [0.15, 0.2) is 5.69 Å². The molecule has 1 aliphatic rings. The predicted octanol–water partition coefficient (Wildman–Crippen LogP) is 0.233. The number of H-pyrrole nitrogens is 1. The van der Waals surface area contributed by atoms with E-state index in [1.165, 1.54) is 6.20 Å². The Morgan fingerprint density at radius 3 is 2.83 bits per heavy atom. The summed E-state index contributed by atoms with van der Waals surface area (Å²) >= 11 is 0. The zero-order valence-electron chi connectivity index (χ0n) is 12.7. The van der Waals surface area contributed by atoms with Gasteiger partial charge >= 0.3 is 0 Å².